The minimum atomic E-state index is -1.23. The number of ether oxygens (including phenoxy) is 2. The Bertz CT molecular complexity index is 362. The first-order chi connectivity index (χ1) is 9.73. The van der Waals surface area contributed by atoms with Crippen molar-refractivity contribution in [3.8, 4) is 0 Å². The van der Waals surface area contributed by atoms with E-state index in [2.05, 4.69) is 9.47 Å². The first-order valence-electron chi connectivity index (χ1n) is 6.02. The fourth-order valence-electron chi connectivity index (χ4n) is 1.10. The van der Waals surface area contributed by atoms with Crippen LogP contribution in [0, 0.1) is 0 Å². The largest absolute Gasteiger partial charge is 0.480 e. The predicted molar refractivity (Wildman–Crippen MR) is 66.7 cm³/mol. The van der Waals surface area contributed by atoms with Gasteiger partial charge < -0.3 is 31.2 Å². The molecule has 0 heterocycles. The smallest absolute Gasteiger partial charge is 0.320 e. The first kappa shape index (κ1) is 18.8. The van der Waals surface area contributed by atoms with E-state index in [1.807, 2.05) is 0 Å². The minimum Gasteiger partial charge on any atom is -0.480 e. The number of rotatable bonds is 10. The summed E-state index contributed by atoms with van der Waals surface area (Å²) in [5.41, 5.74) is 10.4. The molecule has 0 unspecified atom stereocenters. The molecular weight excluding hydrogens is 288 g/mol. The molecule has 0 bridgehead atoms. The quantitative estimate of drug-likeness (QED) is 0.271. The van der Waals surface area contributed by atoms with Crippen molar-refractivity contribution in [3.63, 3.8) is 0 Å². The molecule has 0 amide bonds. The van der Waals surface area contributed by atoms with Crippen molar-refractivity contribution in [1.29, 1.82) is 0 Å². The van der Waals surface area contributed by atoms with Gasteiger partial charge in [-0.05, 0) is 12.8 Å². The number of nitrogens with two attached hydrogens (primary N) is 2. The fourth-order valence-corrected chi connectivity index (χ4v) is 1.10. The summed E-state index contributed by atoms with van der Waals surface area (Å²) >= 11 is 0. The molecule has 6 N–H and O–H groups in total. The Labute approximate surface area is 120 Å². The Morgan fingerprint density at radius 2 is 1.14 bits per heavy atom. The van der Waals surface area contributed by atoms with Crippen LogP contribution >= 0.6 is 0 Å². The summed E-state index contributed by atoms with van der Waals surface area (Å²) < 4.78 is 9.04. The van der Waals surface area contributed by atoms with Crippen LogP contribution in [0.4, 0.5) is 0 Å². The molecule has 0 rings (SSSR count). The maximum absolute atomic E-state index is 11.1. The molecular formula is C11H18N2O8. The number of esters is 2. The number of carboxylic acids is 2. The molecule has 0 aliphatic carbocycles. The van der Waals surface area contributed by atoms with E-state index >= 15 is 0 Å². The van der Waals surface area contributed by atoms with Crippen LogP contribution < -0.4 is 11.5 Å². The molecule has 0 aromatic rings. The maximum Gasteiger partial charge on any atom is 0.320 e. The molecule has 10 heteroatoms. The highest BCUT2D eigenvalue weighted by molar-refractivity contribution is 5.76. The van der Waals surface area contributed by atoms with Gasteiger partial charge in [0.05, 0.1) is 0 Å². The van der Waals surface area contributed by atoms with E-state index in [1.165, 1.54) is 0 Å². The van der Waals surface area contributed by atoms with Crippen LogP contribution in [0.25, 0.3) is 0 Å². The highest BCUT2D eigenvalue weighted by Crippen LogP contribution is 2.00. The van der Waals surface area contributed by atoms with Crippen LogP contribution in [-0.4, -0.2) is 53.0 Å². The Balaban J connectivity index is 3.73. The Morgan fingerprint density at radius 3 is 1.43 bits per heavy atom. The summed E-state index contributed by atoms with van der Waals surface area (Å²) in [4.78, 5) is 43.1. The molecule has 0 spiro atoms. The monoisotopic (exact) mass is 306 g/mol. The van der Waals surface area contributed by atoms with Crippen molar-refractivity contribution in [3.05, 3.63) is 0 Å². The second kappa shape index (κ2) is 9.66. The fraction of sp³-hybridized carbons (Fsp3) is 0.636. The van der Waals surface area contributed by atoms with Gasteiger partial charge in [-0.3, -0.25) is 19.2 Å². The molecule has 0 fully saturated rings. The van der Waals surface area contributed by atoms with E-state index in [0.29, 0.717) is 0 Å². The zero-order valence-corrected chi connectivity index (χ0v) is 11.2. The van der Waals surface area contributed by atoms with E-state index < -0.39 is 42.8 Å². The highest BCUT2D eigenvalue weighted by Gasteiger charge is 2.16. The second-order valence-corrected chi connectivity index (χ2v) is 4.12. The van der Waals surface area contributed by atoms with Crippen molar-refractivity contribution >= 4 is 23.9 Å². The number of hydrogen-bond donors (Lipinski definition) is 4. The van der Waals surface area contributed by atoms with Gasteiger partial charge in [0.2, 0.25) is 6.79 Å². The molecule has 0 aliphatic heterocycles. The number of hydrogen-bond acceptors (Lipinski definition) is 8. The molecule has 0 saturated carbocycles. The summed E-state index contributed by atoms with van der Waals surface area (Å²) in [5, 5.41) is 17.0. The molecule has 21 heavy (non-hydrogen) atoms. The van der Waals surface area contributed by atoms with Crippen molar-refractivity contribution in [2.45, 2.75) is 37.8 Å². The van der Waals surface area contributed by atoms with Gasteiger partial charge in [0.1, 0.15) is 12.1 Å². The van der Waals surface area contributed by atoms with Gasteiger partial charge in [0.25, 0.3) is 0 Å². The summed E-state index contributed by atoms with van der Waals surface area (Å²) in [5.74, 6) is -3.99. The lowest BCUT2D eigenvalue weighted by atomic mass is 10.2. The van der Waals surface area contributed by atoms with Crippen molar-refractivity contribution in [2.24, 2.45) is 11.5 Å². The molecule has 0 aromatic carbocycles. The summed E-state index contributed by atoms with van der Waals surface area (Å²) in [7, 11) is 0. The zero-order chi connectivity index (χ0) is 16.4. The predicted octanol–water partition coefficient (Wildman–Crippen LogP) is -1.59. The SMILES string of the molecule is N[C@@H](CCC(=O)OCOC(=O)CC[C@H](N)C(=O)O)C(=O)O. The van der Waals surface area contributed by atoms with Crippen LogP contribution in [0.15, 0.2) is 0 Å². The lowest BCUT2D eigenvalue weighted by Crippen LogP contribution is -2.31. The first-order valence-corrected chi connectivity index (χ1v) is 6.02. The van der Waals surface area contributed by atoms with Gasteiger partial charge in [0.15, 0.2) is 0 Å². The third-order valence-electron chi connectivity index (χ3n) is 2.39. The van der Waals surface area contributed by atoms with E-state index in [0.717, 1.165) is 0 Å². The van der Waals surface area contributed by atoms with Crippen LogP contribution in [0.5, 0.6) is 0 Å². The van der Waals surface area contributed by atoms with E-state index in [4.69, 9.17) is 21.7 Å². The Morgan fingerprint density at radius 1 is 0.810 bits per heavy atom. The van der Waals surface area contributed by atoms with Crippen LogP contribution in [-0.2, 0) is 28.7 Å². The molecule has 0 radical (unpaired) electrons. The van der Waals surface area contributed by atoms with Gasteiger partial charge in [-0.25, -0.2) is 0 Å². The maximum atomic E-state index is 11.1. The van der Waals surface area contributed by atoms with Crippen molar-refractivity contribution in [1.82, 2.24) is 0 Å². The summed E-state index contributed by atoms with van der Waals surface area (Å²) in [6, 6.07) is -2.34. The lowest BCUT2D eigenvalue weighted by Gasteiger charge is -2.08. The molecule has 0 aromatic heterocycles. The molecule has 0 aliphatic rings. The molecule has 2 atom stereocenters. The van der Waals surface area contributed by atoms with Crippen molar-refractivity contribution in [2.75, 3.05) is 6.79 Å². The topological polar surface area (TPSA) is 179 Å². The Kier molecular flexibility index (Phi) is 8.65. The Hall–Kier alpha value is -2.20. The average molecular weight is 306 g/mol. The lowest BCUT2D eigenvalue weighted by molar-refractivity contribution is -0.167. The third-order valence-corrected chi connectivity index (χ3v) is 2.39. The van der Waals surface area contributed by atoms with Gasteiger partial charge in [0, 0.05) is 12.8 Å². The molecule has 120 valence electrons. The van der Waals surface area contributed by atoms with Crippen LogP contribution in [0.2, 0.25) is 0 Å². The number of aliphatic carboxylic acids is 2. The number of carbonyl (C=O) groups excluding carboxylic acids is 2. The van der Waals surface area contributed by atoms with E-state index in [9.17, 15) is 19.2 Å². The summed E-state index contributed by atoms with van der Waals surface area (Å²) in [6.45, 7) is -0.637. The molecule has 0 saturated heterocycles. The van der Waals surface area contributed by atoms with Gasteiger partial charge in [-0.15, -0.1) is 0 Å². The zero-order valence-electron chi connectivity index (χ0n) is 11.2. The normalized spacial score (nSPS) is 13.0. The van der Waals surface area contributed by atoms with Crippen LogP contribution in [0.3, 0.4) is 0 Å². The molecule has 10 nitrogen and oxygen atoms in total. The average Bonchev–Trinajstić information content (AvgIpc) is 2.41. The minimum absolute atomic E-state index is 0.102. The van der Waals surface area contributed by atoms with Gasteiger partial charge in [-0.2, -0.15) is 0 Å². The van der Waals surface area contributed by atoms with E-state index in [-0.39, 0.29) is 25.7 Å². The highest BCUT2D eigenvalue weighted by atomic mass is 16.7. The van der Waals surface area contributed by atoms with Gasteiger partial charge in [-0.1, -0.05) is 0 Å². The summed E-state index contributed by atoms with van der Waals surface area (Å²) in [6.07, 6.45) is -0.658. The van der Waals surface area contributed by atoms with E-state index in [1.54, 1.807) is 0 Å². The number of carboxylic acid groups (broad SMARTS) is 2. The van der Waals surface area contributed by atoms with Gasteiger partial charge >= 0.3 is 23.9 Å². The third kappa shape index (κ3) is 9.35. The van der Waals surface area contributed by atoms with Crippen LogP contribution in [0.1, 0.15) is 25.7 Å². The second-order valence-electron chi connectivity index (χ2n) is 4.12. The standard InChI is InChI=1S/C11H18N2O8/c12-6(10(16)17)1-3-8(14)20-5-21-9(15)4-2-7(13)11(18)19/h6-7H,1-5,12-13H2,(H,16,17)(H,18,19)/t6-,7-/m0/s1. The van der Waals surface area contributed by atoms with Crippen molar-refractivity contribution < 1.29 is 38.9 Å². The number of carbonyl (C=O) groups is 4.